The highest BCUT2D eigenvalue weighted by Gasteiger charge is 2.17. The number of hydrogen-bond donors (Lipinski definition) is 0. The fourth-order valence-corrected chi connectivity index (χ4v) is 7.17. The Balaban J connectivity index is 1.26. The summed E-state index contributed by atoms with van der Waals surface area (Å²) in [6.07, 6.45) is 9.08. The third-order valence-electron chi connectivity index (χ3n) is 10.2. The Labute approximate surface area is 305 Å². The zero-order chi connectivity index (χ0) is 35.0. The highest BCUT2D eigenvalue weighted by atomic mass is 15.1. The smallest absolute Gasteiger partial charge is 0.0468 e. The maximum Gasteiger partial charge on any atom is 0.0468 e. The number of rotatable bonds is 13. The van der Waals surface area contributed by atoms with Gasteiger partial charge < -0.3 is 4.90 Å². The van der Waals surface area contributed by atoms with E-state index in [1.165, 1.54) is 99.4 Å². The summed E-state index contributed by atoms with van der Waals surface area (Å²) in [6, 6.07) is 58.5. The van der Waals surface area contributed by atoms with E-state index in [0.717, 1.165) is 23.5 Å². The normalized spacial score (nSPS) is 11.2. The fourth-order valence-electron chi connectivity index (χ4n) is 7.17. The van der Waals surface area contributed by atoms with Crippen LogP contribution in [0.1, 0.15) is 62.1 Å². The third kappa shape index (κ3) is 8.16. The van der Waals surface area contributed by atoms with E-state index in [1.54, 1.807) is 0 Å². The molecule has 0 aliphatic heterocycles. The lowest BCUT2D eigenvalue weighted by Gasteiger charge is -2.27. The first kappa shape index (κ1) is 34.1. The molecule has 0 N–H and O–H groups in total. The Kier molecular flexibility index (Phi) is 10.7. The van der Waals surface area contributed by atoms with Crippen LogP contribution in [0.4, 0.5) is 17.1 Å². The van der Waals surface area contributed by atoms with E-state index >= 15 is 0 Å². The van der Waals surface area contributed by atoms with Crippen LogP contribution in [0.2, 0.25) is 0 Å². The summed E-state index contributed by atoms with van der Waals surface area (Å²) >= 11 is 0. The average molecular weight is 664 g/mol. The molecule has 51 heavy (non-hydrogen) atoms. The number of anilines is 3. The van der Waals surface area contributed by atoms with Gasteiger partial charge in [-0.05, 0) is 119 Å². The molecule has 254 valence electrons. The van der Waals surface area contributed by atoms with Crippen LogP contribution in [0.5, 0.6) is 0 Å². The quantitative estimate of drug-likeness (QED) is 0.111. The minimum atomic E-state index is 1.14. The lowest BCUT2D eigenvalue weighted by Crippen LogP contribution is -2.10. The van der Waals surface area contributed by atoms with E-state index in [0.29, 0.717) is 0 Å². The first-order valence-corrected chi connectivity index (χ1v) is 18.8. The van der Waals surface area contributed by atoms with E-state index in [9.17, 15) is 0 Å². The monoisotopic (exact) mass is 663 g/mol. The second-order valence-corrected chi connectivity index (χ2v) is 14.1. The molecule has 0 radical (unpaired) electrons. The van der Waals surface area contributed by atoms with Gasteiger partial charge >= 0.3 is 0 Å². The number of aryl methyl sites for hydroxylation is 3. The Morgan fingerprint density at radius 1 is 0.392 bits per heavy atom. The summed E-state index contributed by atoms with van der Waals surface area (Å²) in [6.45, 7) is 6.58. The van der Waals surface area contributed by atoms with Crippen molar-refractivity contribution in [2.45, 2.75) is 65.7 Å². The van der Waals surface area contributed by atoms with Gasteiger partial charge in [-0.15, -0.1) is 0 Å². The van der Waals surface area contributed by atoms with Crippen LogP contribution in [0.25, 0.3) is 44.2 Å². The average Bonchev–Trinajstić information content (AvgIpc) is 3.18. The molecule has 7 aromatic rings. The molecule has 0 unspecified atom stereocenters. The van der Waals surface area contributed by atoms with Gasteiger partial charge in [0.25, 0.3) is 0 Å². The predicted molar refractivity (Wildman–Crippen MR) is 221 cm³/mol. The Morgan fingerprint density at radius 2 is 0.922 bits per heavy atom. The topological polar surface area (TPSA) is 3.24 Å². The maximum absolute atomic E-state index is 2.38. The van der Waals surface area contributed by atoms with Crippen LogP contribution in [0.3, 0.4) is 0 Å². The summed E-state index contributed by atoms with van der Waals surface area (Å²) in [5.41, 5.74) is 14.8. The van der Waals surface area contributed by atoms with Crippen molar-refractivity contribution in [3.8, 4) is 33.4 Å². The molecular weight excluding hydrogens is 615 g/mol. The third-order valence-corrected chi connectivity index (χ3v) is 10.2. The van der Waals surface area contributed by atoms with Gasteiger partial charge in [0.1, 0.15) is 0 Å². The summed E-state index contributed by atoms with van der Waals surface area (Å²) in [5, 5.41) is 2.54. The molecule has 7 aromatic carbocycles. The number of hydrogen-bond acceptors (Lipinski definition) is 1. The van der Waals surface area contributed by atoms with Crippen molar-refractivity contribution >= 4 is 27.8 Å². The van der Waals surface area contributed by atoms with Crippen molar-refractivity contribution in [1.82, 2.24) is 0 Å². The summed E-state index contributed by atoms with van der Waals surface area (Å²) in [4.78, 5) is 2.38. The largest absolute Gasteiger partial charge is 0.310 e. The van der Waals surface area contributed by atoms with Crippen LogP contribution in [0.15, 0.2) is 158 Å². The van der Waals surface area contributed by atoms with Gasteiger partial charge in [-0.3, -0.25) is 0 Å². The number of fused-ring (bicyclic) bond motifs is 1. The Bertz CT molecular complexity index is 2130. The van der Waals surface area contributed by atoms with Gasteiger partial charge in [0.2, 0.25) is 0 Å². The van der Waals surface area contributed by atoms with Crippen LogP contribution in [-0.4, -0.2) is 0 Å². The Morgan fingerprint density at radius 3 is 1.59 bits per heavy atom. The van der Waals surface area contributed by atoms with Crippen LogP contribution in [-0.2, 0) is 6.42 Å². The standard InChI is InChI=1S/C50H49N/c1-4-5-6-7-8-9-12-39-19-21-43(22-20-39)50-36-48(51(46-29-15-37(2)16-30-46)47-31-17-38(3)18-32-47)33-34-49(50)42-26-23-41(24-27-42)45-28-25-40-13-10-11-14-44(40)35-45/h10-11,13-36H,4-9,12H2,1-3H3. The van der Waals surface area contributed by atoms with E-state index in [4.69, 9.17) is 0 Å². The predicted octanol–water partition coefficient (Wildman–Crippen LogP) is 14.8. The minimum Gasteiger partial charge on any atom is -0.310 e. The second-order valence-electron chi connectivity index (χ2n) is 14.1. The highest BCUT2D eigenvalue weighted by Crippen LogP contribution is 2.41. The molecule has 0 amide bonds. The Hall–Kier alpha value is -5.40. The molecule has 0 saturated carbocycles. The molecule has 0 saturated heterocycles. The first-order chi connectivity index (χ1) is 25.1. The highest BCUT2D eigenvalue weighted by molar-refractivity contribution is 5.90. The first-order valence-electron chi connectivity index (χ1n) is 18.8. The summed E-state index contributed by atoms with van der Waals surface area (Å²) in [5.74, 6) is 0. The minimum absolute atomic E-state index is 1.14. The molecule has 0 bridgehead atoms. The van der Waals surface area contributed by atoms with E-state index in [1.807, 2.05) is 0 Å². The van der Waals surface area contributed by atoms with Gasteiger partial charge in [0.05, 0.1) is 0 Å². The van der Waals surface area contributed by atoms with E-state index < -0.39 is 0 Å². The van der Waals surface area contributed by atoms with Gasteiger partial charge in [-0.1, -0.05) is 165 Å². The van der Waals surface area contributed by atoms with Crippen molar-refractivity contribution in [2.75, 3.05) is 4.90 Å². The zero-order valence-corrected chi connectivity index (χ0v) is 30.4. The van der Waals surface area contributed by atoms with Crippen molar-refractivity contribution in [3.63, 3.8) is 0 Å². The van der Waals surface area contributed by atoms with Crippen LogP contribution < -0.4 is 4.90 Å². The zero-order valence-electron chi connectivity index (χ0n) is 30.4. The van der Waals surface area contributed by atoms with E-state index in [-0.39, 0.29) is 0 Å². The van der Waals surface area contributed by atoms with Gasteiger partial charge in [0.15, 0.2) is 0 Å². The molecule has 0 heterocycles. The molecule has 0 fully saturated rings. The fraction of sp³-hybridized carbons (Fsp3) is 0.200. The van der Waals surface area contributed by atoms with Crippen molar-refractivity contribution in [1.29, 1.82) is 0 Å². The van der Waals surface area contributed by atoms with Gasteiger partial charge in [0, 0.05) is 17.1 Å². The second kappa shape index (κ2) is 16.1. The molecule has 0 aliphatic carbocycles. The number of unbranched alkanes of at least 4 members (excludes halogenated alkanes) is 5. The van der Waals surface area contributed by atoms with Crippen molar-refractivity contribution in [3.05, 3.63) is 174 Å². The van der Waals surface area contributed by atoms with Crippen molar-refractivity contribution in [2.24, 2.45) is 0 Å². The number of benzene rings is 7. The summed E-state index contributed by atoms with van der Waals surface area (Å²) in [7, 11) is 0. The van der Waals surface area contributed by atoms with E-state index in [2.05, 4.69) is 183 Å². The van der Waals surface area contributed by atoms with Gasteiger partial charge in [-0.25, -0.2) is 0 Å². The van der Waals surface area contributed by atoms with Gasteiger partial charge in [-0.2, -0.15) is 0 Å². The molecule has 1 nitrogen and oxygen atoms in total. The lowest BCUT2D eigenvalue weighted by atomic mass is 9.91. The van der Waals surface area contributed by atoms with Crippen LogP contribution in [0, 0.1) is 13.8 Å². The van der Waals surface area contributed by atoms with Crippen LogP contribution >= 0.6 is 0 Å². The molecule has 0 spiro atoms. The molecule has 0 aliphatic rings. The molecular formula is C50H49N. The van der Waals surface area contributed by atoms with Crippen molar-refractivity contribution < 1.29 is 0 Å². The molecule has 1 heteroatoms. The summed E-state index contributed by atoms with van der Waals surface area (Å²) < 4.78 is 0. The lowest BCUT2D eigenvalue weighted by molar-refractivity contribution is 0.607. The SMILES string of the molecule is CCCCCCCCc1ccc(-c2cc(N(c3ccc(C)cc3)c3ccc(C)cc3)ccc2-c2ccc(-c3ccc4ccccc4c3)cc2)cc1. The molecule has 7 rings (SSSR count). The maximum atomic E-state index is 2.38. The molecule has 0 atom stereocenters. The number of nitrogens with zero attached hydrogens (tertiary/aromatic N) is 1. The molecule has 0 aromatic heterocycles.